The maximum atomic E-state index is 13.8. The number of benzene rings is 1. The van der Waals surface area contributed by atoms with E-state index in [1.54, 1.807) is 51.1 Å². The van der Waals surface area contributed by atoms with Crippen molar-refractivity contribution in [3.05, 3.63) is 63.4 Å². The van der Waals surface area contributed by atoms with Crippen LogP contribution in [0.4, 0.5) is 0 Å². The number of ether oxygens (including phenoxy) is 3. The number of rotatable bonds is 10. The number of fused-ring (bicyclic) bond motifs is 2. The van der Waals surface area contributed by atoms with E-state index in [0.717, 1.165) is 10.6 Å². The van der Waals surface area contributed by atoms with Crippen LogP contribution in [-0.4, -0.2) is 63.3 Å². The van der Waals surface area contributed by atoms with Gasteiger partial charge in [-0.15, -0.1) is 0 Å². The number of aromatic amines is 1. The first-order valence-corrected chi connectivity index (χ1v) is 13.2. The Morgan fingerprint density at radius 1 is 1.27 bits per heavy atom. The average Bonchev–Trinajstić information content (AvgIpc) is 3.20. The molecule has 3 heterocycles. The standard InChI is InChI=1S/C23H30N3O10P/c1-14(2)34-18(28)15(3)25-37(31,36-16-8-6-5-7-9-16)33-13-23-12-32-22(4,19(23)29)20(35-23)26-11-10-17(27)24-21(26)30/h5-11,14-15,19-20,29H,12-13H2,1-4H3,(H,25,31)(H,24,27,30)/t15?,19-,20+,22+,23+,37?/m0/s1. The van der Waals surface area contributed by atoms with Crippen molar-refractivity contribution in [2.24, 2.45) is 0 Å². The maximum Gasteiger partial charge on any atom is 0.459 e. The fourth-order valence-corrected chi connectivity index (χ4v) is 5.78. The number of esters is 1. The van der Waals surface area contributed by atoms with Crippen LogP contribution < -0.4 is 20.9 Å². The maximum absolute atomic E-state index is 13.8. The summed E-state index contributed by atoms with van der Waals surface area (Å²) in [5.74, 6) is -0.460. The summed E-state index contributed by atoms with van der Waals surface area (Å²) in [6.45, 7) is 5.73. The van der Waals surface area contributed by atoms with Gasteiger partial charge in [-0.2, -0.15) is 5.09 Å². The molecule has 0 saturated carbocycles. The van der Waals surface area contributed by atoms with Crippen LogP contribution in [0.1, 0.15) is 33.9 Å². The summed E-state index contributed by atoms with van der Waals surface area (Å²) in [5.41, 5.74) is -4.26. The molecular weight excluding hydrogens is 509 g/mol. The Balaban J connectivity index is 1.57. The second-order valence-electron chi connectivity index (χ2n) is 9.44. The number of hydrogen-bond donors (Lipinski definition) is 3. The van der Waals surface area contributed by atoms with Gasteiger partial charge in [0.1, 0.15) is 29.1 Å². The molecule has 0 radical (unpaired) electrons. The van der Waals surface area contributed by atoms with Gasteiger partial charge in [0.05, 0.1) is 19.3 Å². The number of hydrogen-bond acceptors (Lipinski definition) is 10. The third-order valence-electron chi connectivity index (χ3n) is 6.11. The predicted octanol–water partition coefficient (Wildman–Crippen LogP) is 1.09. The third-order valence-corrected chi connectivity index (χ3v) is 7.74. The first-order valence-electron chi connectivity index (χ1n) is 11.7. The lowest BCUT2D eigenvalue weighted by Gasteiger charge is -2.34. The molecule has 2 saturated heterocycles. The zero-order valence-corrected chi connectivity index (χ0v) is 21.7. The lowest BCUT2D eigenvalue weighted by Crippen LogP contribution is -2.46. The third kappa shape index (κ3) is 5.42. The highest BCUT2D eigenvalue weighted by molar-refractivity contribution is 7.52. The van der Waals surface area contributed by atoms with E-state index in [1.807, 2.05) is 0 Å². The lowest BCUT2D eigenvalue weighted by molar-refractivity contribution is -0.212. The topological polar surface area (TPSA) is 167 Å². The molecule has 14 heteroatoms. The van der Waals surface area contributed by atoms with Crippen molar-refractivity contribution in [3.63, 3.8) is 0 Å². The molecule has 2 aromatic rings. The van der Waals surface area contributed by atoms with Crippen LogP contribution in [-0.2, 0) is 28.1 Å². The van der Waals surface area contributed by atoms with Crippen molar-refractivity contribution in [2.75, 3.05) is 13.2 Å². The Morgan fingerprint density at radius 3 is 2.62 bits per heavy atom. The van der Waals surface area contributed by atoms with Crippen LogP contribution in [0.3, 0.4) is 0 Å². The molecule has 2 aliphatic heterocycles. The van der Waals surface area contributed by atoms with E-state index in [2.05, 4.69) is 10.1 Å². The van der Waals surface area contributed by atoms with Crippen LogP contribution >= 0.6 is 7.75 Å². The number of H-pyrrole nitrogens is 1. The first-order chi connectivity index (χ1) is 17.4. The number of aromatic nitrogens is 2. The van der Waals surface area contributed by atoms with E-state index in [0.29, 0.717) is 0 Å². The second kappa shape index (κ2) is 10.2. The quantitative estimate of drug-likeness (QED) is 0.292. The summed E-state index contributed by atoms with van der Waals surface area (Å²) in [5, 5.41) is 13.7. The summed E-state index contributed by atoms with van der Waals surface area (Å²) < 4.78 is 43.3. The van der Waals surface area contributed by atoms with Gasteiger partial charge >= 0.3 is 19.4 Å². The zero-order valence-electron chi connectivity index (χ0n) is 20.8. The van der Waals surface area contributed by atoms with E-state index in [-0.39, 0.29) is 12.4 Å². The molecule has 0 spiro atoms. The van der Waals surface area contributed by atoms with Crippen molar-refractivity contribution in [1.29, 1.82) is 0 Å². The van der Waals surface area contributed by atoms with Gasteiger partial charge in [-0.1, -0.05) is 18.2 Å². The molecule has 4 rings (SSSR count). The largest absolute Gasteiger partial charge is 0.462 e. The predicted molar refractivity (Wildman–Crippen MR) is 129 cm³/mol. The Morgan fingerprint density at radius 2 is 1.97 bits per heavy atom. The van der Waals surface area contributed by atoms with Crippen LogP contribution in [0.2, 0.25) is 0 Å². The molecule has 2 fully saturated rings. The van der Waals surface area contributed by atoms with E-state index in [4.69, 9.17) is 23.3 Å². The van der Waals surface area contributed by atoms with Crippen LogP contribution in [0.5, 0.6) is 5.75 Å². The van der Waals surface area contributed by atoms with Gasteiger partial charge in [0.15, 0.2) is 6.23 Å². The molecule has 3 N–H and O–H groups in total. The number of nitrogens with one attached hydrogen (secondary N) is 2. The number of aliphatic hydroxyl groups excluding tert-OH is 1. The Bertz CT molecular complexity index is 1300. The number of aliphatic hydroxyl groups is 1. The van der Waals surface area contributed by atoms with Crippen molar-refractivity contribution < 1.29 is 37.7 Å². The average molecular weight is 539 g/mol. The fourth-order valence-electron chi connectivity index (χ4n) is 4.23. The SMILES string of the molecule is CC(C)OC(=O)C(C)NP(=O)(OC[C@]12CO[C@](C)([C@@H]1O)[C@H](n1ccc(=O)[nH]c1=O)O2)Oc1ccccc1. The monoisotopic (exact) mass is 539 g/mol. The van der Waals surface area contributed by atoms with E-state index in [9.17, 15) is 24.1 Å². The number of carbonyl (C=O) groups excluding carboxylic acids is 1. The fraction of sp³-hybridized carbons (Fsp3) is 0.522. The smallest absolute Gasteiger partial charge is 0.459 e. The molecule has 13 nitrogen and oxygen atoms in total. The second-order valence-corrected chi connectivity index (χ2v) is 11.1. The van der Waals surface area contributed by atoms with Gasteiger partial charge in [-0.3, -0.25) is 23.7 Å². The van der Waals surface area contributed by atoms with E-state index in [1.165, 1.54) is 13.1 Å². The summed E-state index contributed by atoms with van der Waals surface area (Å²) in [7, 11) is -4.25. The van der Waals surface area contributed by atoms with Gasteiger partial charge in [0, 0.05) is 12.3 Å². The molecule has 2 unspecified atom stereocenters. The normalized spacial score (nSPS) is 29.1. The van der Waals surface area contributed by atoms with Gasteiger partial charge in [0.25, 0.3) is 5.56 Å². The molecule has 1 aromatic heterocycles. The Hall–Kier alpha value is -2.80. The minimum absolute atomic E-state index is 0.143. The van der Waals surface area contributed by atoms with Crippen molar-refractivity contribution in [1.82, 2.24) is 14.6 Å². The zero-order chi connectivity index (χ0) is 27.0. The summed E-state index contributed by atoms with van der Waals surface area (Å²) >= 11 is 0. The molecule has 202 valence electrons. The highest BCUT2D eigenvalue weighted by Gasteiger charge is 2.69. The molecule has 2 aliphatic rings. The Kier molecular flexibility index (Phi) is 7.48. The van der Waals surface area contributed by atoms with Gasteiger partial charge in [-0.05, 0) is 39.8 Å². The highest BCUT2D eigenvalue weighted by atomic mass is 31.2. The molecule has 0 amide bonds. The minimum atomic E-state index is -4.25. The molecule has 37 heavy (non-hydrogen) atoms. The summed E-state index contributed by atoms with van der Waals surface area (Å²) in [6.07, 6.45) is -1.59. The molecule has 6 atom stereocenters. The molecule has 1 aromatic carbocycles. The number of carbonyl (C=O) groups is 1. The highest BCUT2D eigenvalue weighted by Crippen LogP contribution is 2.54. The number of nitrogens with zero attached hydrogens (tertiary/aromatic N) is 1. The van der Waals surface area contributed by atoms with Crippen molar-refractivity contribution in [2.45, 2.75) is 63.4 Å². The van der Waals surface area contributed by atoms with E-state index >= 15 is 0 Å². The lowest BCUT2D eigenvalue weighted by atomic mass is 9.92. The first kappa shape index (κ1) is 27.2. The number of para-hydroxylation sites is 1. The van der Waals surface area contributed by atoms with Crippen LogP contribution in [0.25, 0.3) is 0 Å². The van der Waals surface area contributed by atoms with Gasteiger partial charge in [-0.25, -0.2) is 9.36 Å². The summed E-state index contributed by atoms with van der Waals surface area (Å²) in [4.78, 5) is 38.4. The van der Waals surface area contributed by atoms with Crippen molar-refractivity contribution in [3.8, 4) is 5.75 Å². The van der Waals surface area contributed by atoms with E-state index < -0.39 is 67.3 Å². The molecular formula is C23H30N3O10P. The van der Waals surface area contributed by atoms with Gasteiger partial charge < -0.3 is 23.8 Å². The van der Waals surface area contributed by atoms with Crippen LogP contribution in [0, 0.1) is 0 Å². The van der Waals surface area contributed by atoms with Crippen molar-refractivity contribution >= 4 is 13.7 Å². The summed E-state index contributed by atoms with van der Waals surface area (Å²) in [6, 6.07) is 8.26. The minimum Gasteiger partial charge on any atom is -0.462 e. The Labute approximate surface area is 212 Å². The van der Waals surface area contributed by atoms with Crippen LogP contribution in [0.15, 0.2) is 52.2 Å². The molecule has 0 aliphatic carbocycles. The van der Waals surface area contributed by atoms with Gasteiger partial charge in [0.2, 0.25) is 0 Å². The molecule has 2 bridgehead atoms.